The highest BCUT2D eigenvalue weighted by atomic mass is 16.7. The zero-order chi connectivity index (χ0) is 18.8. The third-order valence-electron chi connectivity index (χ3n) is 4.24. The Morgan fingerprint density at radius 3 is 2.69 bits per heavy atom. The van der Waals surface area contributed by atoms with E-state index in [4.69, 9.17) is 18.9 Å². The highest BCUT2D eigenvalue weighted by Gasteiger charge is 2.26. The van der Waals surface area contributed by atoms with Crippen molar-refractivity contribution in [2.24, 2.45) is 0 Å². The van der Waals surface area contributed by atoms with E-state index in [0.29, 0.717) is 30.8 Å². The molecular weight excluding hydrogens is 336 g/mol. The molecule has 0 amide bonds. The molecule has 1 heterocycles. The Morgan fingerprint density at radius 1 is 1.19 bits per heavy atom. The number of ether oxygens (including phenoxy) is 4. The van der Waals surface area contributed by atoms with E-state index in [1.54, 1.807) is 13.2 Å². The van der Waals surface area contributed by atoms with Crippen LogP contribution in [0.2, 0.25) is 0 Å². The van der Waals surface area contributed by atoms with Crippen LogP contribution in [0.15, 0.2) is 35.6 Å². The van der Waals surface area contributed by atoms with E-state index in [1.807, 2.05) is 6.08 Å². The quantitative estimate of drug-likeness (QED) is 0.551. The molecule has 26 heavy (non-hydrogen) atoms. The molecule has 2 aliphatic rings. The molecule has 6 nitrogen and oxygen atoms in total. The van der Waals surface area contributed by atoms with Crippen LogP contribution in [0, 0.1) is 0 Å². The van der Waals surface area contributed by atoms with Gasteiger partial charge in [0, 0.05) is 26.9 Å². The minimum atomic E-state index is -0.888. The summed E-state index contributed by atoms with van der Waals surface area (Å²) in [5.74, 6) is -0.445. The van der Waals surface area contributed by atoms with Gasteiger partial charge in [0.05, 0.1) is 18.3 Å². The molecule has 0 bridgehead atoms. The van der Waals surface area contributed by atoms with Crippen LogP contribution >= 0.6 is 0 Å². The van der Waals surface area contributed by atoms with Crippen LogP contribution in [0.5, 0.6) is 0 Å². The van der Waals surface area contributed by atoms with Gasteiger partial charge in [-0.15, -0.1) is 0 Å². The van der Waals surface area contributed by atoms with E-state index in [0.717, 1.165) is 32.1 Å². The Kier molecular flexibility index (Phi) is 8.41. The third kappa shape index (κ3) is 6.67. The number of cyclic esters (lactones) is 1. The Labute approximate surface area is 154 Å². The van der Waals surface area contributed by atoms with Crippen molar-refractivity contribution in [2.75, 3.05) is 13.7 Å². The number of esters is 2. The fourth-order valence-electron chi connectivity index (χ4n) is 2.85. The van der Waals surface area contributed by atoms with Gasteiger partial charge in [-0.1, -0.05) is 18.2 Å². The number of carbonyl (C=O) groups excluding carboxylic acids is 2. The minimum absolute atomic E-state index is 0.129. The average Bonchev–Trinajstić information content (AvgIpc) is 2.62. The Bertz CT molecular complexity index is 575. The van der Waals surface area contributed by atoms with E-state index in [1.165, 1.54) is 6.92 Å². The summed E-state index contributed by atoms with van der Waals surface area (Å²) in [4.78, 5) is 23.9. The first-order chi connectivity index (χ1) is 12.6. The van der Waals surface area contributed by atoms with Crippen LogP contribution in [-0.4, -0.2) is 38.0 Å². The molecule has 0 spiro atoms. The monoisotopic (exact) mass is 364 g/mol. The lowest BCUT2D eigenvalue weighted by Crippen LogP contribution is -2.26. The number of hydrogen-bond donors (Lipinski definition) is 0. The van der Waals surface area contributed by atoms with Gasteiger partial charge in [-0.25, -0.2) is 4.79 Å². The van der Waals surface area contributed by atoms with E-state index < -0.39 is 18.2 Å². The second-order valence-electron chi connectivity index (χ2n) is 6.37. The smallest absolute Gasteiger partial charge is 0.344 e. The Hall–Kier alpha value is -2.08. The standard InChI is InChI=1S/C20H28O6/c1-15(21)25-19-10-8-6-4-3-5-7-9-13-24-18-14-16(23-2)11-12-17(18)20(22)26-19/h3-4,11-12,16,19H,5-10,13-14H2,1-2H3/b4-3+. The highest BCUT2D eigenvalue weighted by molar-refractivity contribution is 5.92. The summed E-state index contributed by atoms with van der Waals surface area (Å²) in [5, 5.41) is 0. The van der Waals surface area contributed by atoms with E-state index >= 15 is 0 Å². The largest absolute Gasteiger partial charge is 0.497 e. The molecule has 1 aliphatic carbocycles. The predicted octanol–water partition coefficient (Wildman–Crippen LogP) is 3.57. The average molecular weight is 364 g/mol. The molecule has 0 radical (unpaired) electrons. The summed E-state index contributed by atoms with van der Waals surface area (Å²) in [5.41, 5.74) is 0.364. The molecule has 144 valence electrons. The van der Waals surface area contributed by atoms with Crippen molar-refractivity contribution < 1.29 is 28.5 Å². The number of allylic oxidation sites excluding steroid dienone is 2. The van der Waals surface area contributed by atoms with E-state index in [-0.39, 0.29) is 6.10 Å². The normalized spacial score (nSPS) is 26.6. The van der Waals surface area contributed by atoms with Crippen LogP contribution in [0.25, 0.3) is 0 Å². The van der Waals surface area contributed by atoms with Crippen LogP contribution in [0.1, 0.15) is 51.9 Å². The molecule has 0 saturated carbocycles. The van der Waals surface area contributed by atoms with Gasteiger partial charge in [0.15, 0.2) is 0 Å². The number of methoxy groups -OCH3 is 1. The van der Waals surface area contributed by atoms with Gasteiger partial charge in [-0.3, -0.25) is 4.79 Å². The zero-order valence-electron chi connectivity index (χ0n) is 15.6. The Balaban J connectivity index is 2.16. The zero-order valence-corrected chi connectivity index (χ0v) is 15.6. The van der Waals surface area contributed by atoms with E-state index in [9.17, 15) is 9.59 Å². The van der Waals surface area contributed by atoms with Crippen molar-refractivity contribution in [3.05, 3.63) is 35.6 Å². The summed E-state index contributed by atoms with van der Waals surface area (Å²) in [7, 11) is 1.62. The van der Waals surface area contributed by atoms with Gasteiger partial charge < -0.3 is 18.9 Å². The fraction of sp³-hybridized carbons (Fsp3) is 0.600. The molecule has 2 unspecified atom stereocenters. The van der Waals surface area contributed by atoms with Crippen molar-refractivity contribution in [1.29, 1.82) is 0 Å². The lowest BCUT2D eigenvalue weighted by atomic mass is 10.0. The molecule has 0 fully saturated rings. The van der Waals surface area contributed by atoms with Gasteiger partial charge in [0.2, 0.25) is 6.29 Å². The maximum absolute atomic E-state index is 12.6. The molecule has 1 aliphatic heterocycles. The SMILES string of the molecule is COC1C=CC2=C(C1)OCCCC/C=C/CCCC(OC(C)=O)OC2=O. The molecule has 0 aromatic heterocycles. The first-order valence-electron chi connectivity index (χ1n) is 9.20. The summed E-state index contributed by atoms with van der Waals surface area (Å²) in [6.45, 7) is 1.85. The second kappa shape index (κ2) is 10.8. The fourth-order valence-corrected chi connectivity index (χ4v) is 2.85. The maximum atomic E-state index is 12.6. The van der Waals surface area contributed by atoms with Crippen LogP contribution in [-0.2, 0) is 28.5 Å². The summed E-state index contributed by atoms with van der Waals surface area (Å²) >= 11 is 0. The van der Waals surface area contributed by atoms with Crippen molar-refractivity contribution in [2.45, 2.75) is 64.3 Å². The maximum Gasteiger partial charge on any atom is 0.344 e. The minimum Gasteiger partial charge on any atom is -0.497 e. The van der Waals surface area contributed by atoms with Gasteiger partial charge in [0.25, 0.3) is 0 Å². The molecule has 0 N–H and O–H groups in total. The Morgan fingerprint density at radius 2 is 1.96 bits per heavy atom. The van der Waals surface area contributed by atoms with Gasteiger partial charge in [-0.05, 0) is 38.2 Å². The molecule has 0 aromatic rings. The molecule has 6 heteroatoms. The summed E-state index contributed by atoms with van der Waals surface area (Å²) < 4.78 is 21.8. The number of carbonyl (C=O) groups is 2. The predicted molar refractivity (Wildman–Crippen MR) is 96.0 cm³/mol. The van der Waals surface area contributed by atoms with E-state index in [2.05, 4.69) is 12.2 Å². The van der Waals surface area contributed by atoms with Crippen molar-refractivity contribution in [3.63, 3.8) is 0 Å². The van der Waals surface area contributed by atoms with Crippen LogP contribution in [0.3, 0.4) is 0 Å². The lowest BCUT2D eigenvalue weighted by molar-refractivity contribution is -0.184. The van der Waals surface area contributed by atoms with Crippen LogP contribution < -0.4 is 0 Å². The van der Waals surface area contributed by atoms with Gasteiger partial charge in [-0.2, -0.15) is 0 Å². The first-order valence-corrected chi connectivity index (χ1v) is 9.20. The molecule has 0 aromatic carbocycles. The summed E-state index contributed by atoms with van der Waals surface area (Å²) in [6, 6.07) is 0. The lowest BCUT2D eigenvalue weighted by Gasteiger charge is -2.23. The highest BCUT2D eigenvalue weighted by Crippen LogP contribution is 2.25. The number of hydrogen-bond acceptors (Lipinski definition) is 6. The van der Waals surface area contributed by atoms with Gasteiger partial charge in [0.1, 0.15) is 5.76 Å². The molecule has 2 rings (SSSR count). The first kappa shape index (κ1) is 20.2. The summed E-state index contributed by atoms with van der Waals surface area (Å²) in [6.07, 6.45) is 12.2. The van der Waals surface area contributed by atoms with Gasteiger partial charge >= 0.3 is 11.9 Å². The van der Waals surface area contributed by atoms with Crippen molar-refractivity contribution >= 4 is 11.9 Å². The molecule has 0 saturated heterocycles. The van der Waals surface area contributed by atoms with Crippen molar-refractivity contribution in [3.8, 4) is 0 Å². The van der Waals surface area contributed by atoms with Crippen molar-refractivity contribution in [1.82, 2.24) is 0 Å². The third-order valence-corrected chi connectivity index (χ3v) is 4.24. The second-order valence-corrected chi connectivity index (χ2v) is 6.37. The van der Waals surface area contributed by atoms with Crippen LogP contribution in [0.4, 0.5) is 0 Å². The molecular formula is C20H28O6. The topological polar surface area (TPSA) is 71.1 Å². The number of rotatable bonds is 2. The molecule has 2 atom stereocenters.